The second-order valence-corrected chi connectivity index (χ2v) is 29.8. The number of carbonyl (C=O) groups is 1. The summed E-state index contributed by atoms with van der Waals surface area (Å²) in [6.45, 7) is 37.7. The molecular weight excluding hydrogens is 1070 g/mol. The molecule has 0 bridgehead atoms. The Bertz CT molecular complexity index is 3270. The number of aryl methyl sites for hydroxylation is 4. The zero-order chi connectivity index (χ0) is 62.3. The van der Waals surface area contributed by atoms with Crippen molar-refractivity contribution in [3.05, 3.63) is 208 Å². The van der Waals surface area contributed by atoms with Gasteiger partial charge in [0, 0.05) is 58.3 Å². The van der Waals surface area contributed by atoms with Crippen LogP contribution in [0.3, 0.4) is 0 Å². The van der Waals surface area contributed by atoms with Gasteiger partial charge in [0.25, 0.3) is 5.91 Å². The molecule has 2 unspecified atom stereocenters. The molecule has 466 valence electrons. The predicted molar refractivity (Wildman–Crippen MR) is 360 cm³/mol. The monoisotopic (exact) mass is 1180 g/mol. The predicted octanol–water partition coefficient (Wildman–Crippen LogP) is 20.4. The molecule has 0 radical (unpaired) electrons. The molecule has 4 aliphatic heterocycles. The first-order chi connectivity index (χ1) is 40.3. The van der Waals surface area contributed by atoms with E-state index in [-0.39, 0.29) is 35.0 Å². The Hall–Kier alpha value is -7.19. The number of ether oxygens (including phenoxy) is 6. The van der Waals surface area contributed by atoms with Crippen LogP contribution in [-0.4, -0.2) is 29.8 Å². The SMILES string of the molecule is C.CC(C)(C)Cc1cccc2c1OC(C)(C)O2.CC(C)(C)Cc1cccc2c1OC(C)(CCc1ccccc1)O2.CC(C)(C)Cc1cccc2c1OC(C)(CCc1ccccc1)O2.Cc1ccc2c(c1)CCCN2C(=O)c1cccc(CC(C)(C)C)c1. The first kappa shape index (κ1) is 67.3. The highest BCUT2D eigenvalue weighted by molar-refractivity contribution is 6.06. The van der Waals surface area contributed by atoms with Crippen molar-refractivity contribution >= 4 is 11.6 Å². The van der Waals surface area contributed by atoms with E-state index in [1.54, 1.807) is 0 Å². The summed E-state index contributed by atoms with van der Waals surface area (Å²) in [6.07, 6.45) is 9.58. The lowest BCUT2D eigenvalue weighted by atomic mass is 9.87. The second kappa shape index (κ2) is 27.5. The number of rotatable bonds is 11. The Morgan fingerprint density at radius 1 is 0.448 bits per heavy atom. The number of para-hydroxylation sites is 3. The molecule has 8 heteroatoms. The van der Waals surface area contributed by atoms with Crippen molar-refractivity contribution in [3.8, 4) is 34.5 Å². The topological polar surface area (TPSA) is 75.7 Å². The summed E-state index contributed by atoms with van der Waals surface area (Å²) in [5.41, 5.74) is 12.9. The van der Waals surface area contributed by atoms with Gasteiger partial charge in [0.1, 0.15) is 0 Å². The minimum Gasteiger partial charge on any atom is -0.449 e. The van der Waals surface area contributed by atoms with E-state index < -0.39 is 17.4 Å². The molecular formula is C79H103NO7. The smallest absolute Gasteiger partial charge is 0.258 e. The summed E-state index contributed by atoms with van der Waals surface area (Å²) >= 11 is 0. The molecule has 7 aromatic rings. The Morgan fingerprint density at radius 3 is 1.31 bits per heavy atom. The van der Waals surface area contributed by atoms with Crippen LogP contribution in [-0.2, 0) is 44.9 Å². The van der Waals surface area contributed by atoms with E-state index in [9.17, 15) is 4.79 Å². The number of carbonyl (C=O) groups excluding carboxylic acids is 1. The fourth-order valence-corrected chi connectivity index (χ4v) is 11.6. The van der Waals surface area contributed by atoms with Gasteiger partial charge in [-0.15, -0.1) is 0 Å². The molecule has 4 aliphatic rings. The summed E-state index contributed by atoms with van der Waals surface area (Å²) in [4.78, 5) is 15.0. The Labute approximate surface area is 524 Å². The van der Waals surface area contributed by atoms with Gasteiger partial charge in [0.15, 0.2) is 34.5 Å². The van der Waals surface area contributed by atoms with Crippen LogP contribution >= 0.6 is 0 Å². The first-order valence-electron chi connectivity index (χ1n) is 31.4. The van der Waals surface area contributed by atoms with E-state index in [1.807, 2.05) is 81.1 Å². The highest BCUT2D eigenvalue weighted by Crippen LogP contribution is 2.47. The van der Waals surface area contributed by atoms with E-state index in [2.05, 4.69) is 199 Å². The molecule has 8 nitrogen and oxygen atoms in total. The van der Waals surface area contributed by atoms with Crippen LogP contribution in [0.4, 0.5) is 5.69 Å². The minimum absolute atomic E-state index is 0. The standard InChI is InChI=1S/C22H27NO.2C21H26O2.C14H20O2.CH4/c1-16-10-11-20-18(13-16)9-6-12-23(20)21(24)19-8-5-7-17(14-19)15-22(2,3)4;2*1-20(2,3)15-17-11-8-12-18-19(17)23-21(4,22-18)14-13-16-9-6-5-7-10-16;1-13(2,3)9-10-7-6-8-11-12(10)16-14(4,5)15-11;/h5,7-8,10-11,13-14H,6,9,12,15H2,1-4H3;2*5-12H,13-15H2,1-4H3;6-8H,9H2,1-5H3;1H4. The second-order valence-electron chi connectivity index (χ2n) is 29.8. The van der Waals surface area contributed by atoms with Crippen molar-refractivity contribution in [3.63, 3.8) is 0 Å². The quantitative estimate of drug-likeness (QED) is 0.128. The van der Waals surface area contributed by atoms with E-state index in [4.69, 9.17) is 28.4 Å². The van der Waals surface area contributed by atoms with Crippen LogP contribution in [0.2, 0.25) is 0 Å². The number of fused-ring (bicyclic) bond motifs is 4. The molecule has 0 saturated heterocycles. The van der Waals surface area contributed by atoms with Gasteiger partial charge < -0.3 is 33.3 Å². The molecule has 0 aliphatic carbocycles. The lowest BCUT2D eigenvalue weighted by molar-refractivity contribution is -0.0685. The Balaban J connectivity index is 0.000000167. The fourth-order valence-electron chi connectivity index (χ4n) is 11.6. The third-order valence-corrected chi connectivity index (χ3v) is 15.3. The molecule has 87 heavy (non-hydrogen) atoms. The highest BCUT2D eigenvalue weighted by atomic mass is 16.7. The summed E-state index contributed by atoms with van der Waals surface area (Å²) in [5, 5.41) is 0. The summed E-state index contributed by atoms with van der Waals surface area (Å²) in [7, 11) is 0. The Kier molecular flexibility index (Phi) is 21.3. The number of hydrogen-bond acceptors (Lipinski definition) is 7. The average Bonchev–Trinajstić information content (AvgIpc) is 1.80. The molecule has 4 heterocycles. The first-order valence-corrected chi connectivity index (χ1v) is 31.4. The van der Waals surface area contributed by atoms with Gasteiger partial charge in [-0.25, -0.2) is 0 Å². The molecule has 11 rings (SSSR count). The lowest BCUT2D eigenvalue weighted by Crippen LogP contribution is -2.35. The maximum atomic E-state index is 13.1. The lowest BCUT2D eigenvalue weighted by Gasteiger charge is -2.30. The van der Waals surface area contributed by atoms with E-state index in [0.717, 1.165) is 117 Å². The van der Waals surface area contributed by atoms with Gasteiger partial charge in [-0.3, -0.25) is 4.79 Å². The number of amides is 1. The number of hydrogen-bond donors (Lipinski definition) is 0. The van der Waals surface area contributed by atoms with Crippen molar-refractivity contribution in [2.24, 2.45) is 21.7 Å². The minimum atomic E-state index is -0.577. The van der Waals surface area contributed by atoms with Crippen LogP contribution in [0.1, 0.15) is 192 Å². The zero-order valence-electron chi connectivity index (χ0n) is 55.1. The highest BCUT2D eigenvalue weighted by Gasteiger charge is 2.40. The third kappa shape index (κ3) is 19.7. The molecule has 7 aromatic carbocycles. The molecule has 0 N–H and O–H groups in total. The van der Waals surface area contributed by atoms with Crippen LogP contribution < -0.4 is 33.3 Å². The third-order valence-electron chi connectivity index (χ3n) is 15.3. The maximum Gasteiger partial charge on any atom is 0.258 e. The molecule has 0 spiro atoms. The molecule has 0 aromatic heterocycles. The molecule has 0 fully saturated rings. The van der Waals surface area contributed by atoms with Crippen LogP contribution in [0, 0.1) is 28.6 Å². The van der Waals surface area contributed by atoms with E-state index in [0.29, 0.717) is 0 Å². The molecule has 2 atom stereocenters. The van der Waals surface area contributed by atoms with Crippen molar-refractivity contribution in [2.45, 2.75) is 207 Å². The van der Waals surface area contributed by atoms with Gasteiger partial charge in [-0.05, 0) is 155 Å². The van der Waals surface area contributed by atoms with E-state index in [1.165, 1.54) is 44.5 Å². The fraction of sp³-hybridized carbons (Fsp3) is 0.456. The zero-order valence-corrected chi connectivity index (χ0v) is 55.1. The van der Waals surface area contributed by atoms with Gasteiger partial charge in [0.2, 0.25) is 17.4 Å². The summed E-state index contributed by atoms with van der Waals surface area (Å²) < 4.78 is 36.4. The summed E-state index contributed by atoms with van der Waals surface area (Å²) in [5.74, 6) is 3.83. The van der Waals surface area contributed by atoms with Crippen molar-refractivity contribution < 1.29 is 33.2 Å². The average molecular weight is 1180 g/mol. The van der Waals surface area contributed by atoms with Gasteiger partial charge >= 0.3 is 0 Å². The van der Waals surface area contributed by atoms with E-state index >= 15 is 0 Å². The number of nitrogens with zero attached hydrogens (tertiary/aromatic N) is 1. The van der Waals surface area contributed by atoms with Crippen molar-refractivity contribution in [1.82, 2.24) is 0 Å². The van der Waals surface area contributed by atoms with Crippen molar-refractivity contribution in [2.75, 3.05) is 11.4 Å². The molecule has 0 saturated carbocycles. The van der Waals surface area contributed by atoms with Crippen LogP contribution in [0.25, 0.3) is 0 Å². The van der Waals surface area contributed by atoms with Crippen LogP contribution in [0.5, 0.6) is 34.5 Å². The maximum absolute atomic E-state index is 13.1. The Morgan fingerprint density at radius 2 is 0.862 bits per heavy atom. The largest absolute Gasteiger partial charge is 0.449 e. The van der Waals surface area contributed by atoms with Gasteiger partial charge in [0.05, 0.1) is 0 Å². The number of anilines is 1. The normalized spacial score (nSPS) is 17.7. The van der Waals surface area contributed by atoms with Crippen molar-refractivity contribution in [1.29, 1.82) is 0 Å². The number of benzene rings is 7. The molecule has 1 amide bonds. The summed E-state index contributed by atoms with van der Waals surface area (Å²) in [6, 6.07) is 54.1. The van der Waals surface area contributed by atoms with Gasteiger partial charge in [-0.2, -0.15) is 0 Å². The van der Waals surface area contributed by atoms with Crippen LogP contribution in [0.15, 0.2) is 158 Å². The van der Waals surface area contributed by atoms with Gasteiger partial charge in [-0.1, -0.05) is 217 Å².